The van der Waals surface area contributed by atoms with Crippen molar-refractivity contribution in [1.82, 2.24) is 0 Å². The maximum absolute atomic E-state index is 12.2. The van der Waals surface area contributed by atoms with Gasteiger partial charge in [-0.25, -0.2) is 4.18 Å². The van der Waals surface area contributed by atoms with Gasteiger partial charge in [0, 0.05) is 5.92 Å². The van der Waals surface area contributed by atoms with Crippen molar-refractivity contribution in [3.63, 3.8) is 0 Å². The molecule has 152 valence electrons. The molecule has 0 aromatic heterocycles. The smallest absolute Gasteiger partial charge is 0.300 e. The summed E-state index contributed by atoms with van der Waals surface area (Å²) in [6.45, 7) is 6.36. The van der Waals surface area contributed by atoms with Crippen molar-refractivity contribution in [2.75, 3.05) is 0 Å². The molecular weight excluding hydrogens is 364 g/mol. The molecule has 0 bridgehead atoms. The van der Waals surface area contributed by atoms with E-state index in [1.807, 2.05) is 0 Å². The first kappa shape index (κ1) is 19.6. The number of fused-ring (bicyclic) bond motifs is 5. The van der Waals surface area contributed by atoms with Gasteiger partial charge in [0.05, 0.1) is 6.10 Å². The third-order valence-corrected chi connectivity index (χ3v) is 9.28. The molecule has 0 saturated heterocycles. The topological polar surface area (TPSA) is 80.7 Å². The monoisotopic (exact) mass is 396 g/mol. The van der Waals surface area contributed by atoms with Crippen LogP contribution in [0.3, 0.4) is 0 Å². The van der Waals surface area contributed by atoms with Gasteiger partial charge in [0.25, 0.3) is 0 Å². The highest BCUT2D eigenvalue weighted by molar-refractivity contribution is 7.80. The highest BCUT2D eigenvalue weighted by Gasteiger charge is 2.59. The van der Waals surface area contributed by atoms with Gasteiger partial charge in [-0.15, -0.1) is 0 Å². The summed E-state index contributed by atoms with van der Waals surface area (Å²) in [4.78, 5) is 12.2. The van der Waals surface area contributed by atoms with Gasteiger partial charge in [0.15, 0.2) is 0 Å². The molecule has 3 fully saturated rings. The van der Waals surface area contributed by atoms with Crippen LogP contribution >= 0.6 is 0 Å². The van der Waals surface area contributed by atoms with Crippen LogP contribution in [0, 0.1) is 34.5 Å². The van der Waals surface area contributed by atoms with E-state index < -0.39 is 16.5 Å². The number of hydrogen-bond acceptors (Lipinski definition) is 4. The quantitative estimate of drug-likeness (QED) is 0.567. The molecule has 1 unspecified atom stereocenters. The number of allylic oxidation sites excluding steroid dienone is 2. The number of Topliss-reactive ketones (excluding diaryl/α,β-unsaturated/α-hetero) is 1. The van der Waals surface area contributed by atoms with Crippen LogP contribution in [0.4, 0.5) is 0 Å². The second-order valence-electron chi connectivity index (χ2n) is 9.93. The molecule has 6 heteroatoms. The largest absolute Gasteiger partial charge is 0.397 e. The Morgan fingerprint density at radius 1 is 1.19 bits per heavy atom. The standard InChI is InChI=1S/C21H32O5S/c1-13(22)17-8-9-18-16-7-5-14-4-6-15(26-27(23,24)25)12-21(14,3)19(16)10-11-20(17,18)2/h5,15-19H,4,6-12H2,1-3H3,(H,23,24,25)/t15?,16-,17+,18-,19-,20+,21-/m0/s1. The average molecular weight is 397 g/mol. The van der Waals surface area contributed by atoms with Gasteiger partial charge in [-0.1, -0.05) is 25.5 Å². The molecule has 0 aromatic rings. The van der Waals surface area contributed by atoms with Gasteiger partial charge in [-0.05, 0) is 86.9 Å². The van der Waals surface area contributed by atoms with E-state index in [9.17, 15) is 13.2 Å². The van der Waals surface area contributed by atoms with Crippen molar-refractivity contribution >= 4 is 16.2 Å². The zero-order chi connectivity index (χ0) is 19.6. The normalized spacial score (nSPS) is 46.8. The molecule has 4 aliphatic rings. The molecule has 5 nitrogen and oxygen atoms in total. The second kappa shape index (κ2) is 6.39. The van der Waals surface area contributed by atoms with Crippen molar-refractivity contribution in [2.45, 2.75) is 78.2 Å². The number of hydrogen-bond donors (Lipinski definition) is 1. The Kier molecular flexibility index (Phi) is 4.64. The fourth-order valence-corrected chi connectivity index (χ4v) is 8.15. The van der Waals surface area contributed by atoms with Crippen molar-refractivity contribution in [2.24, 2.45) is 34.5 Å². The molecule has 0 amide bonds. The van der Waals surface area contributed by atoms with E-state index in [4.69, 9.17) is 8.74 Å². The molecular formula is C21H32O5S. The summed E-state index contributed by atoms with van der Waals surface area (Å²) in [6.07, 6.45) is 9.51. The molecule has 4 aliphatic carbocycles. The lowest BCUT2D eigenvalue weighted by Crippen LogP contribution is -2.51. The van der Waals surface area contributed by atoms with E-state index in [0.717, 1.165) is 38.5 Å². The van der Waals surface area contributed by atoms with Crippen molar-refractivity contribution < 1.29 is 21.9 Å². The van der Waals surface area contributed by atoms with Crippen LogP contribution in [0.2, 0.25) is 0 Å². The highest BCUT2D eigenvalue weighted by atomic mass is 32.3. The molecule has 0 spiro atoms. The summed E-state index contributed by atoms with van der Waals surface area (Å²) in [6, 6.07) is 0. The fraction of sp³-hybridized carbons (Fsp3) is 0.857. The number of ketones is 1. The van der Waals surface area contributed by atoms with Gasteiger partial charge < -0.3 is 0 Å². The lowest BCUT2D eigenvalue weighted by molar-refractivity contribution is -0.127. The van der Waals surface area contributed by atoms with E-state index in [2.05, 4.69) is 19.9 Å². The summed E-state index contributed by atoms with van der Waals surface area (Å²) >= 11 is 0. The Morgan fingerprint density at radius 3 is 2.59 bits per heavy atom. The van der Waals surface area contributed by atoms with Crippen LogP contribution in [0.5, 0.6) is 0 Å². The minimum Gasteiger partial charge on any atom is -0.300 e. The lowest BCUT2D eigenvalue weighted by atomic mass is 9.47. The van der Waals surface area contributed by atoms with E-state index in [-0.39, 0.29) is 16.7 Å². The minimum atomic E-state index is -4.42. The third-order valence-electron chi connectivity index (χ3n) is 8.76. The Labute approximate surface area is 162 Å². The summed E-state index contributed by atoms with van der Waals surface area (Å²) in [5, 5.41) is 0. The minimum absolute atomic E-state index is 0.0633. The maximum Gasteiger partial charge on any atom is 0.397 e. The number of carbonyl (C=O) groups is 1. The predicted molar refractivity (Wildman–Crippen MR) is 102 cm³/mol. The summed E-state index contributed by atoms with van der Waals surface area (Å²) in [5.74, 6) is 2.18. The van der Waals surface area contributed by atoms with Crippen LogP contribution < -0.4 is 0 Å². The van der Waals surface area contributed by atoms with E-state index in [1.165, 1.54) is 5.57 Å². The Hall–Kier alpha value is -0.720. The first-order valence-corrected chi connectivity index (χ1v) is 11.8. The molecule has 3 saturated carbocycles. The van der Waals surface area contributed by atoms with Crippen molar-refractivity contribution in [1.29, 1.82) is 0 Å². The van der Waals surface area contributed by atoms with E-state index in [1.54, 1.807) is 6.92 Å². The van der Waals surface area contributed by atoms with Crippen molar-refractivity contribution in [3.05, 3.63) is 11.6 Å². The van der Waals surface area contributed by atoms with E-state index in [0.29, 0.717) is 36.4 Å². The van der Waals surface area contributed by atoms with Crippen LogP contribution in [0.25, 0.3) is 0 Å². The zero-order valence-electron chi connectivity index (χ0n) is 16.6. The summed E-state index contributed by atoms with van der Waals surface area (Å²) < 4.78 is 36.6. The Bertz CT molecular complexity index is 771. The van der Waals surface area contributed by atoms with Crippen LogP contribution in [0.1, 0.15) is 72.1 Å². The number of rotatable bonds is 3. The van der Waals surface area contributed by atoms with Gasteiger partial charge in [-0.3, -0.25) is 9.35 Å². The Morgan fingerprint density at radius 2 is 1.93 bits per heavy atom. The van der Waals surface area contributed by atoms with Crippen LogP contribution in [-0.4, -0.2) is 24.9 Å². The SMILES string of the molecule is CC(=O)[C@H]1CC[C@H]2[C@@H]3CC=C4CCC(OS(=O)(=O)O)C[C@]4(C)[C@H]3CC[C@]12C. The molecule has 1 N–H and O–H groups in total. The second-order valence-corrected chi connectivity index (χ2v) is 11.0. The van der Waals surface area contributed by atoms with E-state index >= 15 is 0 Å². The van der Waals surface area contributed by atoms with Gasteiger partial charge >= 0.3 is 10.4 Å². The van der Waals surface area contributed by atoms with Crippen molar-refractivity contribution in [3.8, 4) is 0 Å². The molecule has 7 atom stereocenters. The third kappa shape index (κ3) is 3.12. The molecule has 0 heterocycles. The zero-order valence-corrected chi connectivity index (χ0v) is 17.4. The Balaban J connectivity index is 1.61. The fourth-order valence-electron chi connectivity index (χ4n) is 7.64. The maximum atomic E-state index is 12.2. The van der Waals surface area contributed by atoms with Gasteiger partial charge in [0.1, 0.15) is 5.78 Å². The average Bonchev–Trinajstić information content (AvgIpc) is 2.90. The van der Waals surface area contributed by atoms with Crippen LogP contribution in [0.15, 0.2) is 11.6 Å². The lowest BCUT2D eigenvalue weighted by Gasteiger charge is -2.58. The predicted octanol–water partition coefficient (Wildman–Crippen LogP) is 4.34. The summed E-state index contributed by atoms with van der Waals surface area (Å²) in [7, 11) is -4.42. The van der Waals surface area contributed by atoms with Gasteiger partial charge in [-0.2, -0.15) is 8.42 Å². The first-order valence-electron chi connectivity index (χ1n) is 10.4. The molecule has 0 radical (unpaired) electrons. The molecule has 0 aromatic carbocycles. The van der Waals surface area contributed by atoms with Crippen LogP contribution in [-0.2, 0) is 19.4 Å². The number of carbonyl (C=O) groups excluding carboxylic acids is 1. The molecule has 0 aliphatic heterocycles. The first-order chi connectivity index (χ1) is 12.5. The summed E-state index contributed by atoms with van der Waals surface area (Å²) in [5.41, 5.74) is 1.50. The highest BCUT2D eigenvalue weighted by Crippen LogP contribution is 2.66. The molecule has 4 rings (SSSR count). The molecule has 27 heavy (non-hydrogen) atoms. The van der Waals surface area contributed by atoms with Gasteiger partial charge in [0.2, 0.25) is 0 Å².